The van der Waals surface area contributed by atoms with Gasteiger partial charge in [0.2, 0.25) is 0 Å². The number of carboxylic acids is 1. The van der Waals surface area contributed by atoms with Crippen LogP contribution in [-0.2, 0) is 4.79 Å². The molecule has 1 aliphatic rings. The van der Waals surface area contributed by atoms with Gasteiger partial charge in [-0.2, -0.15) is 0 Å². The minimum Gasteiger partial charge on any atom is -0.478 e. The normalized spacial score (nSPS) is 17.5. The van der Waals surface area contributed by atoms with Gasteiger partial charge in [-0.1, -0.05) is 45.2 Å². The number of carboxylic acid groups (broad SMARTS) is 1. The Kier molecular flexibility index (Phi) is 6.02. The lowest BCUT2D eigenvalue weighted by molar-refractivity contribution is -0.133. The van der Waals surface area contributed by atoms with Crippen LogP contribution in [0.5, 0.6) is 0 Å². The summed E-state index contributed by atoms with van der Waals surface area (Å²) in [6.07, 6.45) is 1.70. The molecule has 1 unspecified atom stereocenters. The smallest absolute Gasteiger partial charge is 0.335 e. The molecule has 1 atom stereocenters. The van der Waals surface area contributed by atoms with E-state index in [4.69, 9.17) is 23.2 Å². The van der Waals surface area contributed by atoms with Crippen LogP contribution in [-0.4, -0.2) is 38.7 Å². The Morgan fingerprint density at radius 3 is 2.73 bits per heavy atom. The van der Waals surface area contributed by atoms with Crippen molar-refractivity contribution in [3.05, 3.63) is 61.7 Å². The number of hydrogen-bond donors (Lipinski definition) is 1. The van der Waals surface area contributed by atoms with E-state index in [9.17, 15) is 9.90 Å². The molecular weight excluding hydrogens is 461 g/mol. The maximum Gasteiger partial charge on any atom is 0.335 e. The van der Waals surface area contributed by atoms with Crippen molar-refractivity contribution < 1.29 is 9.90 Å². The van der Waals surface area contributed by atoms with E-state index in [-0.39, 0.29) is 5.57 Å². The molecule has 5 nitrogen and oxygen atoms in total. The summed E-state index contributed by atoms with van der Waals surface area (Å²) in [5.41, 5.74) is 1.30. The zero-order valence-electron chi connectivity index (χ0n) is 13.6. The van der Waals surface area contributed by atoms with E-state index in [1.165, 1.54) is 11.3 Å². The van der Waals surface area contributed by atoms with Crippen LogP contribution >= 0.6 is 50.5 Å². The molecule has 2 heterocycles. The number of aliphatic imine (C=N–C) groups is 1. The van der Waals surface area contributed by atoms with Crippen molar-refractivity contribution in [2.75, 3.05) is 11.9 Å². The number of aliphatic carboxylic acids is 1. The fourth-order valence-corrected chi connectivity index (χ4v) is 4.49. The monoisotopic (exact) mass is 473 g/mol. The molecule has 0 radical (unpaired) electrons. The number of likely N-dealkylation sites (N-methyl/N-ethyl adjacent to an activating group) is 1. The SMILES string of the molecule is CCN1C(c2nccs2)=NC(CBr)=C(C(=O)O)C1c1ccc(Cl)cc1Cl. The molecule has 1 aromatic heterocycles. The lowest BCUT2D eigenvalue weighted by atomic mass is 9.93. The number of rotatable bonds is 5. The highest BCUT2D eigenvalue weighted by molar-refractivity contribution is 9.09. The van der Waals surface area contributed by atoms with Crippen molar-refractivity contribution in [3.63, 3.8) is 0 Å². The van der Waals surface area contributed by atoms with Crippen molar-refractivity contribution in [2.24, 2.45) is 4.99 Å². The van der Waals surface area contributed by atoms with E-state index in [1.807, 2.05) is 17.2 Å². The fraction of sp³-hybridized carbons (Fsp3) is 0.235. The molecule has 3 rings (SSSR count). The first-order valence-electron chi connectivity index (χ1n) is 7.70. The van der Waals surface area contributed by atoms with Crippen molar-refractivity contribution in [1.82, 2.24) is 9.88 Å². The molecule has 1 aliphatic heterocycles. The standard InChI is InChI=1S/C17H14BrCl2N3O2S/c1-2-23-14(10-4-3-9(19)7-11(10)20)13(17(24)25)12(8-18)22-15(23)16-21-5-6-26-16/h3-7,14H,2,8H2,1H3,(H,24,25). The second-order valence-electron chi connectivity index (χ2n) is 5.43. The maximum atomic E-state index is 12.1. The van der Waals surface area contributed by atoms with E-state index in [2.05, 4.69) is 25.9 Å². The lowest BCUT2D eigenvalue weighted by Crippen LogP contribution is -2.41. The van der Waals surface area contributed by atoms with E-state index >= 15 is 0 Å². The van der Waals surface area contributed by atoms with Gasteiger partial charge in [-0.15, -0.1) is 11.3 Å². The van der Waals surface area contributed by atoms with Crippen LogP contribution < -0.4 is 0 Å². The van der Waals surface area contributed by atoms with Gasteiger partial charge in [0.05, 0.1) is 17.3 Å². The summed E-state index contributed by atoms with van der Waals surface area (Å²) in [5.74, 6) is -0.395. The number of amidine groups is 1. The third-order valence-electron chi connectivity index (χ3n) is 3.99. The molecule has 2 aromatic rings. The first-order chi connectivity index (χ1) is 12.5. The maximum absolute atomic E-state index is 12.1. The van der Waals surface area contributed by atoms with Gasteiger partial charge < -0.3 is 10.0 Å². The van der Waals surface area contributed by atoms with Gasteiger partial charge in [0.1, 0.15) is 0 Å². The predicted molar refractivity (Wildman–Crippen MR) is 109 cm³/mol. The number of nitrogens with zero attached hydrogens (tertiary/aromatic N) is 3. The number of halogens is 3. The summed E-state index contributed by atoms with van der Waals surface area (Å²) in [4.78, 5) is 22.9. The average molecular weight is 475 g/mol. The topological polar surface area (TPSA) is 65.8 Å². The van der Waals surface area contributed by atoms with Crippen LogP contribution in [0.15, 0.2) is 46.0 Å². The van der Waals surface area contributed by atoms with E-state index in [0.29, 0.717) is 39.0 Å². The highest BCUT2D eigenvalue weighted by atomic mass is 79.9. The highest BCUT2D eigenvalue weighted by Crippen LogP contribution is 2.40. The van der Waals surface area contributed by atoms with E-state index in [0.717, 1.165) is 5.01 Å². The van der Waals surface area contributed by atoms with Crippen molar-refractivity contribution in [3.8, 4) is 0 Å². The lowest BCUT2D eigenvalue weighted by Gasteiger charge is -2.37. The van der Waals surface area contributed by atoms with E-state index < -0.39 is 12.0 Å². The summed E-state index contributed by atoms with van der Waals surface area (Å²) in [6, 6.07) is 4.50. The number of aromatic nitrogens is 1. The molecule has 9 heteroatoms. The van der Waals surface area contributed by atoms with Crippen LogP contribution in [0.2, 0.25) is 10.0 Å². The zero-order valence-corrected chi connectivity index (χ0v) is 17.5. The highest BCUT2D eigenvalue weighted by Gasteiger charge is 2.38. The summed E-state index contributed by atoms with van der Waals surface area (Å²) in [7, 11) is 0. The van der Waals surface area contributed by atoms with Crippen LogP contribution in [0.1, 0.15) is 23.5 Å². The first kappa shape index (κ1) is 19.4. The molecule has 0 saturated heterocycles. The number of alkyl halides is 1. The summed E-state index contributed by atoms with van der Waals surface area (Å²) in [5, 5.41) is 13.7. The second-order valence-corrected chi connectivity index (χ2v) is 7.73. The number of carbonyl (C=O) groups is 1. The van der Waals surface area contributed by atoms with Gasteiger partial charge in [-0.25, -0.2) is 14.8 Å². The van der Waals surface area contributed by atoms with Crippen LogP contribution in [0.4, 0.5) is 0 Å². The molecule has 0 amide bonds. The Labute approximate surface area is 173 Å². The van der Waals surface area contributed by atoms with Gasteiger partial charge in [0, 0.05) is 33.5 Å². The van der Waals surface area contributed by atoms with Gasteiger partial charge >= 0.3 is 5.97 Å². The Hall–Kier alpha value is -1.41. The van der Waals surface area contributed by atoms with Crippen molar-refractivity contribution in [1.29, 1.82) is 0 Å². The second kappa shape index (κ2) is 8.08. The molecule has 0 fully saturated rings. The summed E-state index contributed by atoms with van der Waals surface area (Å²) in [6.45, 7) is 2.48. The molecule has 1 N–H and O–H groups in total. The Bertz CT molecular complexity index is 899. The molecular formula is C17H14BrCl2N3O2S. The third kappa shape index (κ3) is 3.53. The van der Waals surface area contributed by atoms with Crippen molar-refractivity contribution in [2.45, 2.75) is 13.0 Å². The molecule has 0 saturated carbocycles. The third-order valence-corrected chi connectivity index (χ3v) is 5.85. The quantitative estimate of drug-likeness (QED) is 0.618. The van der Waals surface area contributed by atoms with Gasteiger partial charge in [0.25, 0.3) is 0 Å². The van der Waals surface area contributed by atoms with Crippen molar-refractivity contribution >= 4 is 62.3 Å². The van der Waals surface area contributed by atoms with Gasteiger partial charge in [-0.05, 0) is 24.6 Å². The molecule has 26 heavy (non-hydrogen) atoms. The number of thiazole rings is 1. The molecule has 0 spiro atoms. The first-order valence-corrected chi connectivity index (χ1v) is 10.5. The number of allylic oxidation sites excluding steroid dienone is 1. The zero-order chi connectivity index (χ0) is 18.8. The Morgan fingerprint density at radius 1 is 1.42 bits per heavy atom. The molecule has 136 valence electrons. The van der Waals surface area contributed by atoms with Crippen LogP contribution in [0.25, 0.3) is 0 Å². The minimum absolute atomic E-state index is 0.188. The van der Waals surface area contributed by atoms with Gasteiger partial charge in [0.15, 0.2) is 10.8 Å². The average Bonchev–Trinajstić information content (AvgIpc) is 3.14. The molecule has 1 aromatic carbocycles. The summed E-state index contributed by atoms with van der Waals surface area (Å²) >= 11 is 17.3. The van der Waals surface area contributed by atoms with Crippen LogP contribution in [0.3, 0.4) is 0 Å². The predicted octanol–water partition coefficient (Wildman–Crippen LogP) is 5.01. The molecule has 0 bridgehead atoms. The fourth-order valence-electron chi connectivity index (χ4n) is 2.91. The minimum atomic E-state index is -1.03. The molecule has 0 aliphatic carbocycles. The largest absolute Gasteiger partial charge is 0.478 e. The van der Waals surface area contributed by atoms with Gasteiger partial charge in [-0.3, -0.25) is 0 Å². The Balaban J connectivity index is 2.26. The number of hydrogen-bond acceptors (Lipinski definition) is 5. The van der Waals surface area contributed by atoms with E-state index in [1.54, 1.807) is 24.4 Å². The van der Waals surface area contributed by atoms with Crippen LogP contribution in [0, 0.1) is 0 Å². The summed E-state index contributed by atoms with van der Waals surface area (Å²) < 4.78 is 0. The Morgan fingerprint density at radius 2 is 2.19 bits per heavy atom. The number of benzene rings is 1.